The van der Waals surface area contributed by atoms with E-state index in [0.717, 1.165) is 18.2 Å². The van der Waals surface area contributed by atoms with Gasteiger partial charge in [0.05, 0.1) is 6.54 Å². The van der Waals surface area contributed by atoms with Gasteiger partial charge in [0.15, 0.2) is 0 Å². The monoisotopic (exact) mass is 335 g/mol. The highest BCUT2D eigenvalue weighted by Gasteiger charge is 2.54. The van der Waals surface area contributed by atoms with Crippen LogP contribution in [0.15, 0.2) is 18.2 Å². The number of imide groups is 1. The molecule has 1 aromatic carbocycles. The summed E-state index contributed by atoms with van der Waals surface area (Å²) in [6, 6.07) is 2.68. The summed E-state index contributed by atoms with van der Waals surface area (Å²) in [7, 11) is 0. The Kier molecular flexibility index (Phi) is 3.13. The van der Waals surface area contributed by atoms with Crippen molar-refractivity contribution in [3.05, 3.63) is 35.4 Å². The number of amides is 4. The van der Waals surface area contributed by atoms with Crippen molar-refractivity contribution in [3.63, 3.8) is 0 Å². The maximum atomic E-state index is 13.8. The van der Waals surface area contributed by atoms with Gasteiger partial charge in [0.1, 0.15) is 17.2 Å². The van der Waals surface area contributed by atoms with Crippen LogP contribution in [0.25, 0.3) is 0 Å². The summed E-state index contributed by atoms with van der Waals surface area (Å²) < 4.78 is 27.1. The topological polar surface area (TPSA) is 78.5 Å². The highest BCUT2D eigenvalue weighted by molar-refractivity contribution is 6.07. The van der Waals surface area contributed by atoms with Crippen molar-refractivity contribution >= 4 is 17.8 Å². The van der Waals surface area contributed by atoms with Gasteiger partial charge in [-0.05, 0) is 42.5 Å². The lowest BCUT2D eigenvalue weighted by Crippen LogP contribution is -2.49. The Morgan fingerprint density at radius 2 is 2.08 bits per heavy atom. The van der Waals surface area contributed by atoms with Crippen molar-refractivity contribution in [1.82, 2.24) is 15.5 Å². The Balaban J connectivity index is 1.46. The van der Waals surface area contributed by atoms with E-state index in [9.17, 15) is 23.2 Å². The fourth-order valence-electron chi connectivity index (χ4n) is 3.66. The third-order valence-electron chi connectivity index (χ3n) is 5.06. The second-order valence-corrected chi connectivity index (χ2v) is 6.61. The molecule has 2 heterocycles. The Hall–Kier alpha value is -2.51. The highest BCUT2D eigenvalue weighted by atomic mass is 19.1. The minimum Gasteiger partial charge on any atom is -0.339 e. The molecule has 3 atom stereocenters. The van der Waals surface area contributed by atoms with Gasteiger partial charge in [0.2, 0.25) is 5.91 Å². The summed E-state index contributed by atoms with van der Waals surface area (Å²) in [4.78, 5) is 37.3. The van der Waals surface area contributed by atoms with Crippen LogP contribution in [0.1, 0.15) is 24.3 Å². The molecular weight excluding hydrogens is 320 g/mol. The predicted molar refractivity (Wildman–Crippen MR) is 77.8 cm³/mol. The second kappa shape index (κ2) is 4.99. The number of carbonyl (C=O) groups excluding carboxylic acids is 3. The molecule has 1 saturated carbocycles. The second-order valence-electron chi connectivity index (χ2n) is 6.61. The third-order valence-corrected chi connectivity index (χ3v) is 5.06. The normalized spacial score (nSPS) is 31.3. The van der Waals surface area contributed by atoms with Gasteiger partial charge in [-0.15, -0.1) is 0 Å². The first kappa shape index (κ1) is 15.0. The van der Waals surface area contributed by atoms with Crippen molar-refractivity contribution in [2.24, 2.45) is 5.92 Å². The first-order valence-corrected chi connectivity index (χ1v) is 7.77. The van der Waals surface area contributed by atoms with E-state index < -0.39 is 35.0 Å². The van der Waals surface area contributed by atoms with Crippen LogP contribution in [0.3, 0.4) is 0 Å². The van der Waals surface area contributed by atoms with Gasteiger partial charge in [0.25, 0.3) is 5.91 Å². The summed E-state index contributed by atoms with van der Waals surface area (Å²) in [5, 5.41) is 4.76. The molecule has 0 bridgehead atoms. The minimum atomic E-state index is -1.05. The number of benzene rings is 1. The summed E-state index contributed by atoms with van der Waals surface area (Å²) in [6.45, 7) is 0.458. The minimum absolute atomic E-state index is 0.109. The summed E-state index contributed by atoms with van der Waals surface area (Å²) >= 11 is 0. The third kappa shape index (κ3) is 2.24. The zero-order chi connectivity index (χ0) is 17.1. The van der Waals surface area contributed by atoms with Crippen molar-refractivity contribution in [1.29, 1.82) is 0 Å². The zero-order valence-corrected chi connectivity index (χ0v) is 12.6. The van der Waals surface area contributed by atoms with Crippen molar-refractivity contribution in [2.75, 3.05) is 13.1 Å². The van der Waals surface area contributed by atoms with Crippen LogP contribution in [0.2, 0.25) is 0 Å². The van der Waals surface area contributed by atoms with Crippen LogP contribution < -0.4 is 10.6 Å². The molecule has 3 fully saturated rings. The average molecular weight is 335 g/mol. The largest absolute Gasteiger partial charge is 0.339 e. The lowest BCUT2D eigenvalue weighted by atomic mass is 9.99. The molecule has 6 nitrogen and oxygen atoms in total. The molecule has 3 aliphatic rings. The lowest BCUT2D eigenvalue weighted by molar-refractivity contribution is -0.132. The van der Waals surface area contributed by atoms with E-state index in [1.807, 2.05) is 0 Å². The molecule has 0 radical (unpaired) electrons. The number of halogens is 2. The van der Waals surface area contributed by atoms with Crippen LogP contribution in [0.4, 0.5) is 13.6 Å². The predicted octanol–water partition coefficient (Wildman–Crippen LogP) is 0.879. The van der Waals surface area contributed by atoms with Gasteiger partial charge in [-0.3, -0.25) is 14.9 Å². The van der Waals surface area contributed by atoms with Crippen LogP contribution >= 0.6 is 0 Å². The Labute approximate surface area is 136 Å². The molecule has 8 heteroatoms. The number of hydrogen-bond donors (Lipinski definition) is 2. The quantitative estimate of drug-likeness (QED) is 0.788. The molecule has 24 heavy (non-hydrogen) atoms. The highest BCUT2D eigenvalue weighted by Crippen LogP contribution is 2.50. The van der Waals surface area contributed by atoms with Gasteiger partial charge in [-0.25, -0.2) is 13.6 Å². The summed E-state index contributed by atoms with van der Waals surface area (Å²) in [5.74, 6) is -2.40. The van der Waals surface area contributed by atoms with Crippen LogP contribution in [0.5, 0.6) is 0 Å². The van der Waals surface area contributed by atoms with E-state index in [1.165, 1.54) is 4.90 Å². The Morgan fingerprint density at radius 1 is 1.29 bits per heavy atom. The van der Waals surface area contributed by atoms with Gasteiger partial charge >= 0.3 is 6.03 Å². The molecule has 4 rings (SSSR count). The van der Waals surface area contributed by atoms with Gasteiger partial charge in [-0.1, -0.05) is 0 Å². The molecule has 0 aromatic heterocycles. The van der Waals surface area contributed by atoms with E-state index in [0.29, 0.717) is 19.4 Å². The van der Waals surface area contributed by atoms with Crippen LogP contribution in [0, 0.1) is 17.6 Å². The van der Waals surface area contributed by atoms with E-state index in [-0.39, 0.29) is 23.9 Å². The molecule has 126 valence electrons. The molecule has 1 aromatic rings. The van der Waals surface area contributed by atoms with Crippen molar-refractivity contribution < 1.29 is 23.2 Å². The lowest BCUT2D eigenvalue weighted by Gasteiger charge is -2.21. The first-order valence-electron chi connectivity index (χ1n) is 7.77. The number of urea groups is 1. The smallest absolute Gasteiger partial charge is 0.322 e. The number of hydrogen-bond acceptors (Lipinski definition) is 3. The van der Waals surface area contributed by atoms with E-state index in [4.69, 9.17) is 0 Å². The first-order chi connectivity index (χ1) is 11.4. The zero-order valence-electron chi connectivity index (χ0n) is 12.6. The molecule has 0 unspecified atom stereocenters. The Bertz CT molecular complexity index is 769. The number of likely N-dealkylation sites (tertiary alicyclic amines) is 1. The van der Waals surface area contributed by atoms with Crippen LogP contribution in [-0.4, -0.2) is 41.4 Å². The number of nitrogens with zero attached hydrogens (tertiary/aromatic N) is 1. The molecule has 1 aliphatic carbocycles. The molecule has 2 aliphatic heterocycles. The SMILES string of the molecule is O=C1NC(=O)[C@]2(CCN(C(=O)[C@@H]3C[C@@H]3c3cc(F)ccc3F)C2)N1. The molecule has 2 N–H and O–H groups in total. The number of carbonyl (C=O) groups is 3. The summed E-state index contributed by atoms with van der Waals surface area (Å²) in [6.07, 6.45) is 0.809. The summed E-state index contributed by atoms with van der Waals surface area (Å²) in [5.41, 5.74) is -0.838. The standard InChI is InChI=1S/C16H15F2N3O3/c17-8-1-2-12(18)10(5-8)9-6-11(9)13(22)21-4-3-16(7-21)14(23)19-15(24)20-16/h1-2,5,9,11H,3-4,6-7H2,(H2,19,20,23,24)/t9-,11-,16-/m1/s1. The van der Waals surface area contributed by atoms with Gasteiger partial charge < -0.3 is 10.2 Å². The maximum Gasteiger partial charge on any atom is 0.322 e. The van der Waals surface area contributed by atoms with E-state index >= 15 is 0 Å². The molecular formula is C16H15F2N3O3. The fourth-order valence-corrected chi connectivity index (χ4v) is 3.66. The molecule has 4 amide bonds. The van der Waals surface area contributed by atoms with Crippen molar-refractivity contribution in [3.8, 4) is 0 Å². The van der Waals surface area contributed by atoms with Gasteiger partial charge in [0, 0.05) is 12.5 Å². The Morgan fingerprint density at radius 3 is 2.79 bits per heavy atom. The fraction of sp³-hybridized carbons (Fsp3) is 0.438. The number of nitrogens with one attached hydrogen (secondary N) is 2. The number of rotatable bonds is 2. The maximum absolute atomic E-state index is 13.8. The molecule has 1 spiro atoms. The van der Waals surface area contributed by atoms with Crippen LogP contribution in [-0.2, 0) is 9.59 Å². The average Bonchev–Trinajstić information content (AvgIpc) is 3.13. The van der Waals surface area contributed by atoms with Crippen molar-refractivity contribution in [2.45, 2.75) is 24.3 Å². The molecule has 2 saturated heterocycles. The van der Waals surface area contributed by atoms with E-state index in [1.54, 1.807) is 0 Å². The van der Waals surface area contributed by atoms with Gasteiger partial charge in [-0.2, -0.15) is 0 Å². The van der Waals surface area contributed by atoms with E-state index in [2.05, 4.69) is 10.6 Å².